The van der Waals surface area contributed by atoms with E-state index in [9.17, 15) is 9.59 Å². The van der Waals surface area contributed by atoms with Gasteiger partial charge >= 0.3 is 0 Å². The molecule has 0 aliphatic heterocycles. The molecule has 134 valence electrons. The van der Waals surface area contributed by atoms with Crippen LogP contribution < -0.4 is 0 Å². The van der Waals surface area contributed by atoms with E-state index in [4.69, 9.17) is 0 Å². The number of benzene rings is 2. The van der Waals surface area contributed by atoms with Crippen LogP contribution in [-0.2, 0) is 9.59 Å². The lowest BCUT2D eigenvalue weighted by Crippen LogP contribution is -2.25. The predicted molar refractivity (Wildman–Crippen MR) is 104 cm³/mol. The number of fused-ring (bicyclic) bond motifs is 1. The lowest BCUT2D eigenvalue weighted by Gasteiger charge is -2.41. The van der Waals surface area contributed by atoms with Crippen LogP contribution in [0.2, 0.25) is 0 Å². The van der Waals surface area contributed by atoms with Crippen molar-refractivity contribution in [3.8, 4) is 0 Å². The van der Waals surface area contributed by atoms with E-state index < -0.39 is 0 Å². The molecular weight excluding hydrogens is 320 g/mol. The third kappa shape index (κ3) is 2.55. The second kappa shape index (κ2) is 6.19. The Kier molecular flexibility index (Phi) is 4.10. The van der Waals surface area contributed by atoms with E-state index in [0.29, 0.717) is 11.8 Å². The molecule has 2 nitrogen and oxygen atoms in total. The number of ketones is 2. The fraction of sp³-hybridized carbons (Fsp3) is 0.417. The van der Waals surface area contributed by atoms with Crippen LogP contribution >= 0.6 is 0 Å². The minimum Gasteiger partial charge on any atom is -0.299 e. The van der Waals surface area contributed by atoms with E-state index in [0.717, 1.165) is 11.1 Å². The van der Waals surface area contributed by atoms with Crippen LogP contribution in [0.25, 0.3) is 0 Å². The Morgan fingerprint density at radius 1 is 0.731 bits per heavy atom. The largest absolute Gasteiger partial charge is 0.299 e. The summed E-state index contributed by atoms with van der Waals surface area (Å²) in [5.74, 6) is 1.19. The van der Waals surface area contributed by atoms with Gasteiger partial charge < -0.3 is 0 Å². The Bertz CT molecular complexity index is 833. The highest BCUT2D eigenvalue weighted by molar-refractivity contribution is 5.83. The number of rotatable bonds is 4. The molecule has 4 atom stereocenters. The average Bonchev–Trinajstić information content (AvgIpc) is 2.66. The van der Waals surface area contributed by atoms with Crippen molar-refractivity contribution in [3.05, 3.63) is 69.8 Å². The molecule has 0 fully saturated rings. The highest BCUT2D eigenvalue weighted by Crippen LogP contribution is 2.53. The van der Waals surface area contributed by atoms with Gasteiger partial charge in [-0.3, -0.25) is 9.59 Å². The van der Waals surface area contributed by atoms with Gasteiger partial charge in [-0.1, -0.05) is 50.2 Å². The van der Waals surface area contributed by atoms with Gasteiger partial charge in [-0.05, 0) is 60.1 Å². The van der Waals surface area contributed by atoms with Gasteiger partial charge in [0.25, 0.3) is 0 Å². The van der Waals surface area contributed by atoms with Crippen LogP contribution in [0.1, 0.15) is 97.6 Å². The van der Waals surface area contributed by atoms with Crippen LogP contribution in [0.15, 0.2) is 36.4 Å². The molecule has 4 unspecified atom stereocenters. The van der Waals surface area contributed by atoms with Crippen LogP contribution in [0.5, 0.6) is 0 Å². The summed E-state index contributed by atoms with van der Waals surface area (Å²) in [5.41, 5.74) is 7.92. The molecule has 26 heavy (non-hydrogen) atoms. The topological polar surface area (TPSA) is 34.1 Å². The zero-order chi connectivity index (χ0) is 18.6. The Balaban J connectivity index is 1.79. The summed E-state index contributed by atoms with van der Waals surface area (Å²) >= 11 is 0. The molecule has 2 aromatic carbocycles. The smallest absolute Gasteiger partial charge is 0.136 e. The fourth-order valence-corrected chi connectivity index (χ4v) is 4.72. The summed E-state index contributed by atoms with van der Waals surface area (Å²) in [4.78, 5) is 23.6. The molecular formula is C24H26O2. The molecule has 0 aromatic heterocycles. The fourth-order valence-electron chi connectivity index (χ4n) is 4.72. The van der Waals surface area contributed by atoms with Crippen molar-refractivity contribution in [1.29, 1.82) is 0 Å². The Hall–Kier alpha value is -2.22. The average molecular weight is 346 g/mol. The molecule has 0 amide bonds. The van der Waals surface area contributed by atoms with E-state index in [1.165, 1.54) is 35.1 Å². The van der Waals surface area contributed by atoms with Crippen molar-refractivity contribution >= 4 is 11.6 Å². The first-order valence-electron chi connectivity index (χ1n) is 9.66. The zero-order valence-corrected chi connectivity index (χ0v) is 16.0. The van der Waals surface area contributed by atoms with E-state index in [-0.39, 0.29) is 23.4 Å². The van der Waals surface area contributed by atoms with Gasteiger partial charge in [0.15, 0.2) is 0 Å². The number of carbonyl (C=O) groups is 2. The first-order valence-corrected chi connectivity index (χ1v) is 9.66. The summed E-state index contributed by atoms with van der Waals surface area (Å²) in [6.45, 7) is 7.33. The van der Waals surface area contributed by atoms with Crippen molar-refractivity contribution in [2.75, 3.05) is 0 Å². The molecule has 0 saturated carbocycles. The van der Waals surface area contributed by atoms with E-state index in [1.807, 2.05) is 13.8 Å². The number of Topliss-reactive ketones (excluding diaryl/α,β-unsaturated/α-hetero) is 2. The summed E-state index contributed by atoms with van der Waals surface area (Å²) in [6.07, 6.45) is 2.34. The molecule has 2 heteroatoms. The molecule has 0 spiro atoms. The molecule has 2 aromatic rings. The minimum absolute atomic E-state index is 0.0426. The van der Waals surface area contributed by atoms with Gasteiger partial charge in [-0.2, -0.15) is 0 Å². The lowest BCUT2D eigenvalue weighted by molar-refractivity contribution is -0.118. The second-order valence-corrected chi connectivity index (χ2v) is 8.12. The Morgan fingerprint density at radius 3 is 1.46 bits per heavy atom. The van der Waals surface area contributed by atoms with Gasteiger partial charge in [-0.25, -0.2) is 0 Å². The Morgan fingerprint density at radius 2 is 1.12 bits per heavy atom. The molecule has 0 radical (unpaired) electrons. The predicted octanol–water partition coefficient (Wildman–Crippen LogP) is 5.44. The highest BCUT2D eigenvalue weighted by Gasteiger charge is 2.38. The van der Waals surface area contributed by atoms with Gasteiger partial charge in [0.1, 0.15) is 11.6 Å². The van der Waals surface area contributed by atoms with Crippen LogP contribution in [-0.4, -0.2) is 11.6 Å². The Labute approximate surface area is 155 Å². The molecule has 2 bridgehead atoms. The van der Waals surface area contributed by atoms with Crippen LogP contribution in [0.4, 0.5) is 0 Å². The van der Waals surface area contributed by atoms with Crippen LogP contribution in [0.3, 0.4) is 0 Å². The maximum Gasteiger partial charge on any atom is 0.136 e. The number of hydrogen-bond donors (Lipinski definition) is 0. The first kappa shape index (κ1) is 17.2. The summed E-state index contributed by atoms with van der Waals surface area (Å²) in [6, 6.07) is 13.3. The monoisotopic (exact) mass is 346 g/mol. The van der Waals surface area contributed by atoms with Gasteiger partial charge in [0.05, 0.1) is 0 Å². The normalized spacial score (nSPS) is 22.3. The summed E-state index contributed by atoms with van der Waals surface area (Å²) in [5, 5.41) is 0. The van der Waals surface area contributed by atoms with E-state index in [1.54, 1.807) is 13.8 Å². The summed E-state index contributed by atoms with van der Waals surface area (Å²) in [7, 11) is 0. The summed E-state index contributed by atoms with van der Waals surface area (Å²) < 4.78 is 0. The number of hydrogen-bond acceptors (Lipinski definition) is 2. The van der Waals surface area contributed by atoms with Crippen molar-refractivity contribution in [2.45, 2.75) is 64.2 Å². The number of carbonyl (C=O) groups excluding carboxylic acids is 2. The second-order valence-electron chi connectivity index (χ2n) is 8.12. The molecule has 3 aliphatic carbocycles. The first-order chi connectivity index (χ1) is 12.4. The van der Waals surface area contributed by atoms with Crippen molar-refractivity contribution in [3.63, 3.8) is 0 Å². The lowest BCUT2D eigenvalue weighted by atomic mass is 9.63. The quantitative estimate of drug-likeness (QED) is 0.738. The van der Waals surface area contributed by atoms with Gasteiger partial charge in [-0.15, -0.1) is 0 Å². The highest BCUT2D eigenvalue weighted by atomic mass is 16.1. The van der Waals surface area contributed by atoms with Gasteiger partial charge in [0, 0.05) is 23.7 Å². The van der Waals surface area contributed by atoms with E-state index >= 15 is 0 Å². The zero-order valence-electron chi connectivity index (χ0n) is 16.0. The third-order valence-corrected chi connectivity index (χ3v) is 6.69. The van der Waals surface area contributed by atoms with Crippen molar-refractivity contribution in [1.82, 2.24) is 0 Å². The maximum absolute atomic E-state index is 11.8. The molecule has 0 heterocycles. The van der Waals surface area contributed by atoms with E-state index in [2.05, 4.69) is 36.4 Å². The standard InChI is InChI=1S/C24H26O2/c1-13(15(3)25)17-5-7-19-22-10-9-21(23(19)11-17)20-8-6-18(12-24(20)22)14(2)16(4)26/h5-8,11-14,21-22H,9-10H2,1-4H3. The SMILES string of the molecule is CC(=O)C(C)c1ccc2c(c1)C1CCC2c2cc(C(C)C(C)=O)ccc21. The molecule has 0 N–H and O–H groups in total. The molecule has 0 saturated heterocycles. The third-order valence-electron chi connectivity index (χ3n) is 6.69. The maximum atomic E-state index is 11.8. The van der Waals surface area contributed by atoms with Crippen molar-refractivity contribution in [2.24, 2.45) is 0 Å². The van der Waals surface area contributed by atoms with Crippen LogP contribution in [0, 0.1) is 0 Å². The van der Waals surface area contributed by atoms with Crippen molar-refractivity contribution < 1.29 is 9.59 Å². The molecule has 5 rings (SSSR count). The minimum atomic E-state index is -0.0426. The molecule has 3 aliphatic rings. The van der Waals surface area contributed by atoms with Gasteiger partial charge in [0.2, 0.25) is 0 Å².